The Morgan fingerprint density at radius 3 is 2.75 bits per heavy atom. The monoisotopic (exact) mass is 216 g/mol. The van der Waals surface area contributed by atoms with Crippen LogP contribution in [0.1, 0.15) is 15.9 Å². The first-order chi connectivity index (χ1) is 7.65. The topological polar surface area (TPSA) is 65.2 Å². The van der Waals surface area contributed by atoms with Gasteiger partial charge in [0, 0.05) is 11.6 Å². The summed E-state index contributed by atoms with van der Waals surface area (Å²) in [6.45, 7) is 1.91. The van der Waals surface area contributed by atoms with Crippen molar-refractivity contribution in [2.45, 2.75) is 6.92 Å². The number of carbonyl (C=O) groups excluding carboxylic acids is 1. The van der Waals surface area contributed by atoms with Crippen molar-refractivity contribution in [1.82, 2.24) is 4.98 Å². The molecule has 0 unspecified atom stereocenters. The number of amides is 1. The van der Waals surface area contributed by atoms with Crippen LogP contribution in [0.3, 0.4) is 0 Å². The SMILES string of the molecule is COc1ccc2nccc(C)c2c1C(N)=O. The van der Waals surface area contributed by atoms with Crippen molar-refractivity contribution < 1.29 is 9.53 Å². The van der Waals surface area contributed by atoms with E-state index in [1.807, 2.05) is 19.1 Å². The maximum atomic E-state index is 11.5. The molecule has 0 bridgehead atoms. The highest BCUT2D eigenvalue weighted by molar-refractivity contribution is 6.09. The number of carbonyl (C=O) groups is 1. The third-order valence-corrected chi connectivity index (χ3v) is 2.54. The molecule has 0 aliphatic carbocycles. The fourth-order valence-electron chi connectivity index (χ4n) is 1.81. The van der Waals surface area contributed by atoms with Crippen LogP contribution in [0.4, 0.5) is 0 Å². The van der Waals surface area contributed by atoms with Crippen molar-refractivity contribution in [3.05, 3.63) is 35.5 Å². The van der Waals surface area contributed by atoms with Crippen molar-refractivity contribution >= 4 is 16.8 Å². The van der Waals surface area contributed by atoms with Gasteiger partial charge in [-0.1, -0.05) is 0 Å². The maximum absolute atomic E-state index is 11.5. The van der Waals surface area contributed by atoms with Gasteiger partial charge in [-0.25, -0.2) is 0 Å². The summed E-state index contributed by atoms with van der Waals surface area (Å²) in [4.78, 5) is 15.7. The molecule has 16 heavy (non-hydrogen) atoms. The molecule has 0 radical (unpaired) electrons. The molecule has 0 aliphatic heterocycles. The van der Waals surface area contributed by atoms with E-state index in [0.29, 0.717) is 11.3 Å². The second-order valence-corrected chi connectivity index (χ2v) is 3.53. The summed E-state index contributed by atoms with van der Waals surface area (Å²) in [5.74, 6) is -0.0188. The summed E-state index contributed by atoms with van der Waals surface area (Å²) in [5, 5.41) is 0.759. The van der Waals surface area contributed by atoms with Crippen LogP contribution in [0.5, 0.6) is 5.75 Å². The molecule has 1 aromatic carbocycles. The van der Waals surface area contributed by atoms with Gasteiger partial charge in [-0.05, 0) is 30.7 Å². The van der Waals surface area contributed by atoms with Crippen molar-refractivity contribution in [3.8, 4) is 5.75 Å². The molecule has 1 aromatic heterocycles. The molecule has 1 heterocycles. The fraction of sp³-hybridized carbons (Fsp3) is 0.167. The zero-order valence-electron chi connectivity index (χ0n) is 9.15. The predicted octanol–water partition coefficient (Wildman–Crippen LogP) is 1.65. The summed E-state index contributed by atoms with van der Waals surface area (Å²) in [7, 11) is 1.51. The van der Waals surface area contributed by atoms with E-state index in [-0.39, 0.29) is 0 Å². The number of nitrogens with two attached hydrogens (primary N) is 1. The van der Waals surface area contributed by atoms with E-state index in [1.165, 1.54) is 7.11 Å². The van der Waals surface area contributed by atoms with Gasteiger partial charge >= 0.3 is 0 Å². The van der Waals surface area contributed by atoms with E-state index in [2.05, 4.69) is 4.98 Å². The summed E-state index contributed by atoms with van der Waals surface area (Å²) < 4.78 is 5.14. The van der Waals surface area contributed by atoms with E-state index in [4.69, 9.17) is 10.5 Å². The molecule has 2 N–H and O–H groups in total. The molecule has 2 aromatic rings. The Labute approximate surface area is 93.0 Å². The molecule has 0 spiro atoms. The zero-order valence-corrected chi connectivity index (χ0v) is 9.15. The lowest BCUT2D eigenvalue weighted by Gasteiger charge is -2.10. The molecule has 1 amide bonds. The van der Waals surface area contributed by atoms with Crippen molar-refractivity contribution in [3.63, 3.8) is 0 Å². The first-order valence-electron chi connectivity index (χ1n) is 4.87. The van der Waals surface area contributed by atoms with E-state index in [1.54, 1.807) is 12.3 Å². The second-order valence-electron chi connectivity index (χ2n) is 3.53. The van der Waals surface area contributed by atoms with Gasteiger partial charge in [0.25, 0.3) is 5.91 Å². The number of benzene rings is 1. The van der Waals surface area contributed by atoms with E-state index >= 15 is 0 Å². The van der Waals surface area contributed by atoms with Gasteiger partial charge in [0.2, 0.25) is 0 Å². The van der Waals surface area contributed by atoms with Gasteiger partial charge in [0.15, 0.2) is 0 Å². The first-order valence-corrected chi connectivity index (χ1v) is 4.87. The van der Waals surface area contributed by atoms with Crippen molar-refractivity contribution in [2.75, 3.05) is 7.11 Å². The first kappa shape index (κ1) is 10.4. The number of hydrogen-bond donors (Lipinski definition) is 1. The Hall–Kier alpha value is -2.10. The van der Waals surface area contributed by atoms with Gasteiger partial charge < -0.3 is 10.5 Å². The normalized spacial score (nSPS) is 10.4. The minimum atomic E-state index is -0.501. The second kappa shape index (κ2) is 3.81. The molecule has 0 fully saturated rings. The largest absolute Gasteiger partial charge is 0.496 e. The van der Waals surface area contributed by atoms with Crippen molar-refractivity contribution in [2.24, 2.45) is 5.73 Å². The summed E-state index contributed by atoms with van der Waals surface area (Å²) in [6, 6.07) is 5.36. The molecule has 2 rings (SSSR count). The third-order valence-electron chi connectivity index (χ3n) is 2.54. The zero-order chi connectivity index (χ0) is 11.7. The standard InChI is InChI=1S/C12H12N2O2/c1-7-5-6-14-8-3-4-9(16-2)11(10(7)8)12(13)15/h3-6H,1-2H3,(H2,13,15). The summed E-state index contributed by atoms with van der Waals surface area (Å²) in [6.07, 6.45) is 1.70. The van der Waals surface area contributed by atoms with Crippen LogP contribution in [-0.4, -0.2) is 18.0 Å². The lowest BCUT2D eigenvalue weighted by Crippen LogP contribution is -2.13. The smallest absolute Gasteiger partial charge is 0.253 e. The quantitative estimate of drug-likeness (QED) is 0.830. The Balaban J connectivity index is 2.93. The molecule has 4 nitrogen and oxygen atoms in total. The van der Waals surface area contributed by atoms with Crippen LogP contribution >= 0.6 is 0 Å². The van der Waals surface area contributed by atoms with Crippen molar-refractivity contribution in [1.29, 1.82) is 0 Å². The summed E-state index contributed by atoms with van der Waals surface area (Å²) in [5.41, 5.74) is 7.47. The average molecular weight is 216 g/mol. The number of ether oxygens (including phenoxy) is 1. The molecule has 4 heteroatoms. The molecule has 0 saturated heterocycles. The molecule has 0 aliphatic rings. The lowest BCUT2D eigenvalue weighted by atomic mass is 10.0. The average Bonchev–Trinajstić information content (AvgIpc) is 2.27. The van der Waals surface area contributed by atoms with Crippen LogP contribution in [0.2, 0.25) is 0 Å². The Morgan fingerprint density at radius 1 is 1.38 bits per heavy atom. The number of primary amides is 1. The number of methoxy groups -OCH3 is 1. The number of pyridine rings is 1. The third kappa shape index (κ3) is 1.48. The highest BCUT2D eigenvalue weighted by atomic mass is 16.5. The number of hydrogen-bond acceptors (Lipinski definition) is 3. The van der Waals surface area contributed by atoms with Crippen LogP contribution in [0.15, 0.2) is 24.4 Å². The Kier molecular flexibility index (Phi) is 2.48. The lowest BCUT2D eigenvalue weighted by molar-refractivity contribution is 0.0999. The fourth-order valence-corrected chi connectivity index (χ4v) is 1.81. The Bertz CT molecular complexity index is 564. The van der Waals surface area contributed by atoms with Gasteiger partial charge in [0.05, 0.1) is 18.2 Å². The molecular formula is C12H12N2O2. The molecule has 0 atom stereocenters. The Morgan fingerprint density at radius 2 is 2.12 bits per heavy atom. The minimum absolute atomic E-state index is 0.394. The number of aryl methyl sites for hydroxylation is 1. The molecule has 0 saturated carbocycles. The highest BCUT2D eigenvalue weighted by Gasteiger charge is 2.15. The van der Waals surface area contributed by atoms with E-state index in [9.17, 15) is 4.79 Å². The predicted molar refractivity (Wildman–Crippen MR) is 61.5 cm³/mol. The number of fused-ring (bicyclic) bond motifs is 1. The minimum Gasteiger partial charge on any atom is -0.496 e. The van der Waals surface area contributed by atoms with E-state index < -0.39 is 5.91 Å². The van der Waals surface area contributed by atoms with Crippen LogP contribution in [0, 0.1) is 6.92 Å². The van der Waals surface area contributed by atoms with Gasteiger partial charge in [0.1, 0.15) is 5.75 Å². The van der Waals surface area contributed by atoms with Gasteiger partial charge in [-0.3, -0.25) is 9.78 Å². The number of rotatable bonds is 2. The number of aromatic nitrogens is 1. The summed E-state index contributed by atoms with van der Waals surface area (Å²) >= 11 is 0. The number of nitrogens with zero attached hydrogens (tertiary/aromatic N) is 1. The van der Waals surface area contributed by atoms with Crippen LogP contribution in [0.25, 0.3) is 10.9 Å². The molecular weight excluding hydrogens is 204 g/mol. The maximum Gasteiger partial charge on any atom is 0.253 e. The van der Waals surface area contributed by atoms with Crippen LogP contribution in [-0.2, 0) is 0 Å². The van der Waals surface area contributed by atoms with Gasteiger partial charge in [-0.2, -0.15) is 0 Å². The highest BCUT2D eigenvalue weighted by Crippen LogP contribution is 2.28. The van der Waals surface area contributed by atoms with Crippen LogP contribution < -0.4 is 10.5 Å². The van der Waals surface area contributed by atoms with E-state index in [0.717, 1.165) is 16.5 Å². The molecule has 82 valence electrons. The van der Waals surface area contributed by atoms with Gasteiger partial charge in [-0.15, -0.1) is 0 Å².